The predicted molar refractivity (Wildman–Crippen MR) is 67.4 cm³/mol. The van der Waals surface area contributed by atoms with Gasteiger partial charge in [-0.1, -0.05) is 5.16 Å². The maximum atomic E-state index is 6.09. The highest BCUT2D eigenvalue weighted by atomic mass is 16.5. The molecule has 0 aromatic carbocycles. The van der Waals surface area contributed by atoms with Gasteiger partial charge in [-0.3, -0.25) is 0 Å². The highest BCUT2D eigenvalue weighted by Gasteiger charge is 2.39. The van der Waals surface area contributed by atoms with Crippen LogP contribution in [0.1, 0.15) is 37.4 Å². The van der Waals surface area contributed by atoms with E-state index < -0.39 is 5.60 Å². The second kappa shape index (κ2) is 5.19. The standard InChI is InChI=1S/C13H21N3O3/c1-17-13(4-6-18-7-5-13)12-15-11(19-16-12)8-10(14)9-2-3-9/h9-10H,2-8,14H2,1H3. The van der Waals surface area contributed by atoms with Crippen LogP contribution in [0.25, 0.3) is 0 Å². The van der Waals surface area contributed by atoms with Gasteiger partial charge in [0.2, 0.25) is 11.7 Å². The van der Waals surface area contributed by atoms with Gasteiger partial charge in [0, 0.05) is 45.6 Å². The molecule has 6 heteroatoms. The molecule has 2 N–H and O–H groups in total. The number of nitrogens with two attached hydrogens (primary N) is 1. The Labute approximate surface area is 112 Å². The summed E-state index contributed by atoms with van der Waals surface area (Å²) >= 11 is 0. The molecular weight excluding hydrogens is 246 g/mol. The number of methoxy groups -OCH3 is 1. The monoisotopic (exact) mass is 267 g/mol. The SMILES string of the molecule is COC1(c2noc(CC(N)C3CC3)n2)CCOCC1. The summed E-state index contributed by atoms with van der Waals surface area (Å²) in [5.74, 6) is 1.89. The normalized spacial score (nSPS) is 24.3. The fourth-order valence-corrected chi connectivity index (χ4v) is 2.64. The zero-order valence-electron chi connectivity index (χ0n) is 11.3. The molecule has 6 nitrogen and oxygen atoms in total. The van der Waals surface area contributed by atoms with Gasteiger partial charge in [0.05, 0.1) is 0 Å². The molecule has 0 amide bonds. The lowest BCUT2D eigenvalue weighted by atomic mass is 9.93. The molecule has 0 spiro atoms. The Morgan fingerprint density at radius 2 is 2.16 bits per heavy atom. The summed E-state index contributed by atoms with van der Waals surface area (Å²) in [4.78, 5) is 4.49. The van der Waals surface area contributed by atoms with Crippen LogP contribution in [-0.4, -0.2) is 36.5 Å². The zero-order valence-corrected chi connectivity index (χ0v) is 11.3. The maximum Gasteiger partial charge on any atom is 0.228 e. The Bertz CT molecular complexity index is 425. The van der Waals surface area contributed by atoms with Crippen LogP contribution in [0.4, 0.5) is 0 Å². The van der Waals surface area contributed by atoms with Gasteiger partial charge in [-0.05, 0) is 18.8 Å². The van der Waals surface area contributed by atoms with E-state index in [4.69, 9.17) is 19.7 Å². The number of ether oxygens (including phenoxy) is 2. The fourth-order valence-electron chi connectivity index (χ4n) is 2.64. The first kappa shape index (κ1) is 13.0. The quantitative estimate of drug-likeness (QED) is 0.857. The average Bonchev–Trinajstić information content (AvgIpc) is 3.20. The Kier molecular flexibility index (Phi) is 3.56. The van der Waals surface area contributed by atoms with Gasteiger partial charge >= 0.3 is 0 Å². The van der Waals surface area contributed by atoms with Crippen LogP contribution in [0.5, 0.6) is 0 Å². The van der Waals surface area contributed by atoms with Gasteiger partial charge < -0.3 is 19.7 Å². The van der Waals surface area contributed by atoms with Gasteiger partial charge in [0.15, 0.2) is 0 Å². The van der Waals surface area contributed by atoms with E-state index in [2.05, 4.69) is 10.1 Å². The summed E-state index contributed by atoms with van der Waals surface area (Å²) in [5, 5.41) is 4.09. The Hall–Kier alpha value is -0.980. The molecule has 0 bridgehead atoms. The van der Waals surface area contributed by atoms with Gasteiger partial charge in [0.25, 0.3) is 0 Å². The third-order valence-electron chi connectivity index (χ3n) is 4.20. The number of rotatable bonds is 5. The minimum atomic E-state index is -0.455. The van der Waals surface area contributed by atoms with Crippen molar-refractivity contribution in [2.45, 2.75) is 43.7 Å². The summed E-state index contributed by atoms with van der Waals surface area (Å²) in [7, 11) is 1.69. The molecule has 2 aliphatic rings. The largest absolute Gasteiger partial charge is 0.381 e. The molecule has 1 aliphatic carbocycles. The highest BCUT2D eigenvalue weighted by Crippen LogP contribution is 2.35. The molecule has 2 heterocycles. The molecule has 3 rings (SSSR count). The van der Waals surface area contributed by atoms with Crippen LogP contribution in [0.15, 0.2) is 4.52 Å². The van der Waals surface area contributed by atoms with E-state index in [-0.39, 0.29) is 6.04 Å². The van der Waals surface area contributed by atoms with Crippen LogP contribution in [0.2, 0.25) is 0 Å². The minimum absolute atomic E-state index is 0.140. The summed E-state index contributed by atoms with van der Waals surface area (Å²) in [6.07, 6.45) is 4.63. The second-order valence-electron chi connectivity index (χ2n) is 5.53. The van der Waals surface area contributed by atoms with Crippen molar-refractivity contribution in [3.05, 3.63) is 11.7 Å². The highest BCUT2D eigenvalue weighted by molar-refractivity contribution is 5.04. The first-order chi connectivity index (χ1) is 9.23. The number of hydrogen-bond acceptors (Lipinski definition) is 6. The van der Waals surface area contributed by atoms with Gasteiger partial charge in [0.1, 0.15) is 5.60 Å². The van der Waals surface area contributed by atoms with Crippen molar-refractivity contribution in [1.29, 1.82) is 0 Å². The summed E-state index contributed by atoms with van der Waals surface area (Å²) in [6, 6.07) is 0.140. The molecular formula is C13H21N3O3. The number of nitrogens with zero attached hydrogens (tertiary/aromatic N) is 2. The van der Waals surface area contributed by atoms with Crippen molar-refractivity contribution < 1.29 is 14.0 Å². The minimum Gasteiger partial charge on any atom is -0.381 e. The zero-order chi connectivity index (χ0) is 13.3. The van der Waals surface area contributed by atoms with Gasteiger partial charge in [-0.25, -0.2) is 0 Å². The van der Waals surface area contributed by atoms with E-state index in [9.17, 15) is 0 Å². The molecule has 1 saturated heterocycles. The molecule has 1 unspecified atom stereocenters. The van der Waals surface area contributed by atoms with Crippen LogP contribution in [0.3, 0.4) is 0 Å². The Morgan fingerprint density at radius 1 is 1.42 bits per heavy atom. The molecule has 1 aromatic rings. The van der Waals surface area contributed by atoms with Crippen LogP contribution >= 0.6 is 0 Å². The van der Waals surface area contributed by atoms with Crippen molar-refractivity contribution in [1.82, 2.24) is 10.1 Å². The lowest BCUT2D eigenvalue weighted by Gasteiger charge is -2.32. The van der Waals surface area contributed by atoms with Crippen molar-refractivity contribution in [2.24, 2.45) is 11.7 Å². The van der Waals surface area contributed by atoms with E-state index in [0.717, 1.165) is 12.8 Å². The van der Waals surface area contributed by atoms with Gasteiger partial charge in [-0.2, -0.15) is 4.98 Å². The smallest absolute Gasteiger partial charge is 0.228 e. The molecule has 2 fully saturated rings. The molecule has 0 radical (unpaired) electrons. The van der Waals surface area contributed by atoms with Crippen molar-refractivity contribution in [3.8, 4) is 0 Å². The average molecular weight is 267 g/mol. The van der Waals surface area contributed by atoms with Crippen molar-refractivity contribution in [3.63, 3.8) is 0 Å². The Balaban J connectivity index is 1.71. The topological polar surface area (TPSA) is 83.4 Å². The van der Waals surface area contributed by atoms with Crippen LogP contribution < -0.4 is 5.73 Å². The lowest BCUT2D eigenvalue weighted by Crippen LogP contribution is -2.36. The van der Waals surface area contributed by atoms with Crippen molar-refractivity contribution >= 4 is 0 Å². The third kappa shape index (κ3) is 2.66. The lowest BCUT2D eigenvalue weighted by molar-refractivity contribution is -0.101. The van der Waals surface area contributed by atoms with Crippen LogP contribution in [0, 0.1) is 5.92 Å². The number of aromatic nitrogens is 2. The third-order valence-corrected chi connectivity index (χ3v) is 4.20. The molecule has 1 atom stereocenters. The molecule has 1 aliphatic heterocycles. The van der Waals surface area contributed by atoms with E-state index in [0.29, 0.717) is 37.3 Å². The van der Waals surface area contributed by atoms with Crippen LogP contribution in [-0.2, 0) is 21.5 Å². The van der Waals surface area contributed by atoms with Crippen molar-refractivity contribution in [2.75, 3.05) is 20.3 Å². The van der Waals surface area contributed by atoms with E-state index >= 15 is 0 Å². The first-order valence-corrected chi connectivity index (χ1v) is 6.95. The van der Waals surface area contributed by atoms with E-state index in [1.165, 1.54) is 12.8 Å². The van der Waals surface area contributed by atoms with E-state index in [1.807, 2.05) is 0 Å². The maximum absolute atomic E-state index is 6.09. The Morgan fingerprint density at radius 3 is 2.79 bits per heavy atom. The van der Waals surface area contributed by atoms with Gasteiger partial charge in [-0.15, -0.1) is 0 Å². The van der Waals surface area contributed by atoms with E-state index in [1.54, 1.807) is 7.11 Å². The summed E-state index contributed by atoms with van der Waals surface area (Å²) in [6.45, 7) is 1.33. The molecule has 106 valence electrons. The summed E-state index contributed by atoms with van der Waals surface area (Å²) < 4.78 is 16.4. The molecule has 19 heavy (non-hydrogen) atoms. The fraction of sp³-hybridized carbons (Fsp3) is 0.846. The predicted octanol–water partition coefficient (Wildman–Crippen LogP) is 1.00. The second-order valence-corrected chi connectivity index (χ2v) is 5.53. The molecule has 1 aromatic heterocycles. The summed E-state index contributed by atoms with van der Waals surface area (Å²) in [5.41, 5.74) is 5.63. The first-order valence-electron chi connectivity index (χ1n) is 6.95. The number of hydrogen-bond donors (Lipinski definition) is 1. The molecule has 1 saturated carbocycles.